The average Bonchev–Trinajstić information content (AvgIpc) is 3.39. The van der Waals surface area contributed by atoms with Crippen LogP contribution in [0.3, 0.4) is 0 Å². The molecule has 0 radical (unpaired) electrons. The number of nitrogens with zero attached hydrogens (tertiary/aromatic N) is 2. The fourth-order valence-electron chi connectivity index (χ4n) is 3.19. The number of benzene rings is 1. The van der Waals surface area contributed by atoms with E-state index in [1.807, 2.05) is 12.1 Å². The van der Waals surface area contributed by atoms with Gasteiger partial charge in [0.1, 0.15) is 0 Å². The Morgan fingerprint density at radius 1 is 1.08 bits per heavy atom. The third kappa shape index (κ3) is 2.36. The highest BCUT2D eigenvalue weighted by Gasteiger charge is 2.27. The van der Waals surface area contributed by atoms with Gasteiger partial charge in [-0.15, -0.1) is 0 Å². The zero-order chi connectivity index (χ0) is 16.8. The van der Waals surface area contributed by atoms with E-state index < -0.39 is 0 Å². The van der Waals surface area contributed by atoms with Crippen molar-refractivity contribution in [1.29, 1.82) is 0 Å². The first-order valence-corrected chi connectivity index (χ1v) is 7.99. The zero-order valence-corrected chi connectivity index (χ0v) is 13.2. The van der Waals surface area contributed by atoms with Crippen LogP contribution in [-0.2, 0) is 13.0 Å². The lowest BCUT2D eigenvalue weighted by atomic mass is 9.98. The highest BCUT2D eigenvalue weighted by atomic mass is 16.7. The minimum absolute atomic E-state index is 0.162. The lowest BCUT2D eigenvalue weighted by molar-refractivity contribution is 0.0724. The molecule has 0 saturated heterocycles. The van der Waals surface area contributed by atoms with Crippen molar-refractivity contribution in [3.05, 3.63) is 53.4 Å². The molecule has 0 N–H and O–H groups in total. The van der Waals surface area contributed by atoms with Crippen LogP contribution in [0.25, 0.3) is 11.5 Å². The van der Waals surface area contributed by atoms with Gasteiger partial charge in [0.25, 0.3) is 5.91 Å². The topological polar surface area (TPSA) is 77.9 Å². The van der Waals surface area contributed by atoms with Gasteiger partial charge in [-0.3, -0.25) is 4.79 Å². The second-order valence-corrected chi connectivity index (χ2v) is 6.00. The number of rotatable bonds is 2. The van der Waals surface area contributed by atoms with Crippen LogP contribution in [0.15, 0.2) is 45.5 Å². The van der Waals surface area contributed by atoms with Crippen molar-refractivity contribution in [3.8, 4) is 23.0 Å². The van der Waals surface area contributed by atoms with E-state index in [0.29, 0.717) is 24.6 Å². The predicted molar refractivity (Wildman–Crippen MR) is 85.2 cm³/mol. The number of aromatic nitrogens is 1. The maximum Gasteiger partial charge on any atom is 0.276 e. The summed E-state index contributed by atoms with van der Waals surface area (Å²) in [5, 5.41) is 3.89. The normalized spacial score (nSPS) is 15.3. The van der Waals surface area contributed by atoms with Gasteiger partial charge in [0.05, 0.1) is 6.26 Å². The van der Waals surface area contributed by atoms with Gasteiger partial charge in [0, 0.05) is 19.2 Å². The van der Waals surface area contributed by atoms with E-state index in [0.717, 1.165) is 23.5 Å². The van der Waals surface area contributed by atoms with Crippen molar-refractivity contribution >= 4 is 5.91 Å². The zero-order valence-electron chi connectivity index (χ0n) is 13.2. The third-order valence-corrected chi connectivity index (χ3v) is 4.49. The van der Waals surface area contributed by atoms with Crippen molar-refractivity contribution in [2.45, 2.75) is 13.0 Å². The molecule has 4 heterocycles. The van der Waals surface area contributed by atoms with Gasteiger partial charge < -0.3 is 23.3 Å². The summed E-state index contributed by atoms with van der Waals surface area (Å²) in [6.07, 6.45) is 2.31. The van der Waals surface area contributed by atoms with E-state index in [1.54, 1.807) is 29.4 Å². The second kappa shape index (κ2) is 5.41. The summed E-state index contributed by atoms with van der Waals surface area (Å²) in [7, 11) is 0. The molecule has 1 amide bonds. The maximum atomic E-state index is 12.7. The molecule has 0 atom stereocenters. The Balaban J connectivity index is 1.38. The van der Waals surface area contributed by atoms with Crippen LogP contribution < -0.4 is 9.47 Å². The molecule has 1 aromatic carbocycles. The Morgan fingerprint density at radius 3 is 2.72 bits per heavy atom. The Morgan fingerprint density at radius 2 is 1.92 bits per heavy atom. The van der Waals surface area contributed by atoms with E-state index in [9.17, 15) is 4.79 Å². The number of furan rings is 1. The molecule has 2 aliphatic heterocycles. The summed E-state index contributed by atoms with van der Waals surface area (Å²) in [5.74, 6) is 2.33. The van der Waals surface area contributed by atoms with Gasteiger partial charge in [0.15, 0.2) is 23.0 Å². The first-order valence-electron chi connectivity index (χ1n) is 7.99. The molecule has 5 rings (SSSR count). The van der Waals surface area contributed by atoms with Gasteiger partial charge >= 0.3 is 0 Å². The van der Waals surface area contributed by atoms with Gasteiger partial charge in [-0.05, 0) is 41.8 Å². The van der Waals surface area contributed by atoms with Gasteiger partial charge in [-0.1, -0.05) is 5.16 Å². The molecular formula is C18H14N2O5. The second-order valence-electron chi connectivity index (χ2n) is 6.00. The van der Waals surface area contributed by atoms with Crippen LogP contribution in [-0.4, -0.2) is 29.3 Å². The van der Waals surface area contributed by atoms with Crippen molar-refractivity contribution in [2.75, 3.05) is 13.3 Å². The fraction of sp³-hybridized carbons (Fsp3) is 0.222. The van der Waals surface area contributed by atoms with Crippen molar-refractivity contribution in [3.63, 3.8) is 0 Å². The minimum Gasteiger partial charge on any atom is -0.461 e. The van der Waals surface area contributed by atoms with Gasteiger partial charge in [0.2, 0.25) is 12.6 Å². The van der Waals surface area contributed by atoms with Gasteiger partial charge in [-0.25, -0.2) is 0 Å². The monoisotopic (exact) mass is 338 g/mol. The molecule has 0 unspecified atom stereocenters. The summed E-state index contributed by atoms with van der Waals surface area (Å²) >= 11 is 0. The molecule has 0 aliphatic carbocycles. The number of fused-ring (bicyclic) bond motifs is 2. The van der Waals surface area contributed by atoms with E-state index in [4.69, 9.17) is 18.4 Å². The molecule has 7 heteroatoms. The number of hydrogen-bond donors (Lipinski definition) is 0. The summed E-state index contributed by atoms with van der Waals surface area (Å²) in [5.41, 5.74) is 2.53. The van der Waals surface area contributed by atoms with Crippen LogP contribution in [0, 0.1) is 0 Å². The lowest BCUT2D eigenvalue weighted by Crippen LogP contribution is -2.36. The van der Waals surface area contributed by atoms with Crippen molar-refractivity contribution < 1.29 is 23.2 Å². The minimum atomic E-state index is -0.162. The van der Waals surface area contributed by atoms with E-state index in [2.05, 4.69) is 5.16 Å². The van der Waals surface area contributed by atoms with Crippen LogP contribution >= 0.6 is 0 Å². The molecule has 0 fully saturated rings. The summed E-state index contributed by atoms with van der Waals surface area (Å²) in [4.78, 5) is 14.5. The Kier molecular flexibility index (Phi) is 3.06. The number of carbonyl (C=O) groups excluding carboxylic acids is 1. The van der Waals surface area contributed by atoms with E-state index in [1.165, 1.54) is 5.56 Å². The summed E-state index contributed by atoms with van der Waals surface area (Å²) in [6, 6.07) is 9.08. The molecular weight excluding hydrogens is 324 g/mol. The van der Waals surface area contributed by atoms with Gasteiger partial charge in [-0.2, -0.15) is 0 Å². The molecule has 2 aliphatic rings. The van der Waals surface area contributed by atoms with Crippen molar-refractivity contribution in [2.24, 2.45) is 0 Å². The smallest absolute Gasteiger partial charge is 0.276 e. The summed E-state index contributed by atoms with van der Waals surface area (Å²) in [6.45, 7) is 1.37. The molecule has 7 nitrogen and oxygen atoms in total. The predicted octanol–water partition coefficient (Wildman–Crippen LogP) is 2.86. The fourth-order valence-corrected chi connectivity index (χ4v) is 3.19. The average molecular weight is 338 g/mol. The SMILES string of the molecule is O=C(c1cc(-c2ccco2)on1)N1CCc2cc3c(cc2C1)OCO3. The molecule has 3 aromatic rings. The number of carbonyl (C=O) groups is 1. The number of ether oxygens (including phenoxy) is 2. The van der Waals surface area contributed by atoms with E-state index in [-0.39, 0.29) is 18.4 Å². The molecule has 2 aromatic heterocycles. The highest BCUT2D eigenvalue weighted by Crippen LogP contribution is 2.37. The Bertz CT molecular complexity index is 945. The molecule has 25 heavy (non-hydrogen) atoms. The first-order chi connectivity index (χ1) is 12.3. The molecule has 0 spiro atoms. The highest BCUT2D eigenvalue weighted by molar-refractivity contribution is 5.93. The lowest BCUT2D eigenvalue weighted by Gasteiger charge is -2.28. The number of amides is 1. The van der Waals surface area contributed by atoms with E-state index >= 15 is 0 Å². The van der Waals surface area contributed by atoms with Crippen LogP contribution in [0.5, 0.6) is 11.5 Å². The van der Waals surface area contributed by atoms with Crippen LogP contribution in [0.4, 0.5) is 0 Å². The van der Waals surface area contributed by atoms with Crippen LogP contribution in [0.1, 0.15) is 21.6 Å². The maximum absolute atomic E-state index is 12.7. The Hall–Kier alpha value is -3.22. The number of hydrogen-bond acceptors (Lipinski definition) is 6. The quantitative estimate of drug-likeness (QED) is 0.715. The Labute approximate surface area is 142 Å². The third-order valence-electron chi connectivity index (χ3n) is 4.49. The van der Waals surface area contributed by atoms with Crippen molar-refractivity contribution in [1.82, 2.24) is 10.1 Å². The molecule has 0 saturated carbocycles. The molecule has 0 bridgehead atoms. The largest absolute Gasteiger partial charge is 0.461 e. The first kappa shape index (κ1) is 14.2. The van der Waals surface area contributed by atoms with Crippen LogP contribution in [0.2, 0.25) is 0 Å². The standard InChI is InChI=1S/C18H14N2O5/c21-18(13-8-17(25-19-13)14-2-1-5-22-14)20-4-3-11-6-15-16(24-10-23-15)7-12(11)9-20/h1-2,5-8H,3-4,9-10H2. The molecule has 126 valence electrons. The summed E-state index contributed by atoms with van der Waals surface area (Å²) < 4.78 is 21.3.